The molecule has 4 atom stereocenters. The molecular formula is C28H45N3O7. The van der Waals surface area contributed by atoms with Crippen LogP contribution in [0.25, 0.3) is 0 Å². The van der Waals surface area contributed by atoms with E-state index in [2.05, 4.69) is 19.2 Å². The fourth-order valence-electron chi connectivity index (χ4n) is 5.60. The number of carbonyl (C=O) groups excluding carboxylic acids is 3. The number of nitrogens with one attached hydrogen (secondary N) is 1. The fourth-order valence-corrected chi connectivity index (χ4v) is 5.60. The van der Waals surface area contributed by atoms with Gasteiger partial charge in [-0.1, -0.05) is 26.8 Å². The largest absolute Gasteiger partial charge is 0.507 e. The van der Waals surface area contributed by atoms with E-state index in [1.807, 2.05) is 13.0 Å². The number of aromatic hydroxyl groups is 1. The topological polar surface area (TPSA) is 173 Å². The van der Waals surface area contributed by atoms with Gasteiger partial charge in [0.1, 0.15) is 5.75 Å². The summed E-state index contributed by atoms with van der Waals surface area (Å²) < 4.78 is 0. The van der Waals surface area contributed by atoms with Crippen molar-refractivity contribution in [1.29, 1.82) is 0 Å². The maximum Gasteiger partial charge on any atom is 0.224 e. The van der Waals surface area contributed by atoms with Gasteiger partial charge in [-0.2, -0.15) is 0 Å². The first-order chi connectivity index (χ1) is 17.8. The van der Waals surface area contributed by atoms with Crippen LogP contribution in [0, 0.1) is 17.8 Å². The monoisotopic (exact) mass is 535 g/mol. The second kappa shape index (κ2) is 13.6. The number of Topliss-reactive ketones (excluding diaryl/α,β-unsaturated/α-hetero) is 2. The van der Waals surface area contributed by atoms with Crippen molar-refractivity contribution in [3.05, 3.63) is 28.3 Å². The lowest BCUT2D eigenvalue weighted by atomic mass is 9.69. The van der Waals surface area contributed by atoms with Gasteiger partial charge in [-0.3, -0.25) is 14.4 Å². The number of rotatable bonds is 15. The molecule has 7 N–H and O–H groups in total. The molecule has 0 radical (unpaired) electrons. The number of carbonyl (C=O) groups is 3. The number of nitrogens with two attached hydrogens (primary N) is 1. The number of likely N-dealkylation sites (N-methyl/N-ethyl adjacent to an activating group) is 1. The molecule has 0 aliphatic heterocycles. The van der Waals surface area contributed by atoms with E-state index in [9.17, 15) is 34.8 Å². The molecule has 0 spiro atoms. The minimum Gasteiger partial charge on any atom is -0.507 e. The summed E-state index contributed by atoms with van der Waals surface area (Å²) in [4.78, 5) is 39.4. The van der Waals surface area contributed by atoms with Gasteiger partial charge in [-0.15, -0.1) is 0 Å². The van der Waals surface area contributed by atoms with Crippen LogP contribution in [-0.2, 0) is 29.0 Å². The number of aryl methyl sites for hydroxylation is 1. The summed E-state index contributed by atoms with van der Waals surface area (Å²) in [6.07, 6.45) is 0.508. The molecule has 0 saturated carbocycles. The number of aliphatic hydroxyl groups excluding tert-OH is 2. The molecule has 0 saturated heterocycles. The normalized spacial score (nSPS) is 18.8. The molecule has 0 heterocycles. The molecular weight excluding hydrogens is 490 g/mol. The molecule has 10 nitrogen and oxygen atoms in total. The highest BCUT2D eigenvalue weighted by Crippen LogP contribution is 2.41. The van der Waals surface area contributed by atoms with Gasteiger partial charge in [0, 0.05) is 30.5 Å². The molecule has 1 aromatic carbocycles. The summed E-state index contributed by atoms with van der Waals surface area (Å²) in [7, 11) is 3.35. The van der Waals surface area contributed by atoms with Crippen LogP contribution in [0.2, 0.25) is 0 Å². The van der Waals surface area contributed by atoms with Gasteiger partial charge >= 0.3 is 0 Å². The number of ketones is 2. The van der Waals surface area contributed by atoms with Crippen LogP contribution < -0.4 is 11.1 Å². The molecule has 0 bridgehead atoms. The Morgan fingerprint density at radius 3 is 2.37 bits per heavy atom. The SMILES string of the molecule is CCc1cc(CNCC(C)C)c(O)c2c1C[C@@H](C[C@@H]([C@@H](CO)N(C)C)[C@](O)(CO)C(=O)CC(N)=O)CC2=O. The number of hydrogen-bond acceptors (Lipinski definition) is 9. The van der Waals surface area contributed by atoms with Gasteiger partial charge in [-0.05, 0) is 62.9 Å². The van der Waals surface area contributed by atoms with E-state index in [-0.39, 0.29) is 30.3 Å². The number of primary amides is 1. The van der Waals surface area contributed by atoms with Crippen molar-refractivity contribution < 1.29 is 34.8 Å². The predicted octanol–water partition coefficient (Wildman–Crippen LogP) is 0.542. The highest BCUT2D eigenvalue weighted by atomic mass is 16.3. The Labute approximate surface area is 225 Å². The Bertz CT molecular complexity index is 1010. The van der Waals surface area contributed by atoms with Crippen LogP contribution in [0.5, 0.6) is 5.75 Å². The Morgan fingerprint density at radius 2 is 1.87 bits per heavy atom. The van der Waals surface area contributed by atoms with E-state index >= 15 is 0 Å². The van der Waals surface area contributed by atoms with Gasteiger partial charge in [0.05, 0.1) is 25.2 Å². The summed E-state index contributed by atoms with van der Waals surface area (Å²) in [5.74, 6) is -2.99. The lowest BCUT2D eigenvalue weighted by Gasteiger charge is -2.42. The second-order valence-corrected chi connectivity index (χ2v) is 11.2. The van der Waals surface area contributed by atoms with Crippen LogP contribution in [0.4, 0.5) is 0 Å². The fraction of sp³-hybridized carbons (Fsp3) is 0.679. The summed E-state index contributed by atoms with van der Waals surface area (Å²) in [5.41, 5.74) is 5.54. The average molecular weight is 536 g/mol. The van der Waals surface area contributed by atoms with Crippen LogP contribution in [0.3, 0.4) is 0 Å². The summed E-state index contributed by atoms with van der Waals surface area (Å²) >= 11 is 0. The highest BCUT2D eigenvalue weighted by molar-refractivity contribution is 6.02. The molecule has 1 aliphatic carbocycles. The van der Waals surface area contributed by atoms with Crippen molar-refractivity contribution >= 4 is 17.5 Å². The van der Waals surface area contributed by atoms with E-state index in [1.54, 1.807) is 19.0 Å². The smallest absolute Gasteiger partial charge is 0.224 e. The predicted molar refractivity (Wildman–Crippen MR) is 144 cm³/mol. The third-order valence-corrected chi connectivity index (χ3v) is 7.65. The number of benzene rings is 1. The maximum atomic E-state index is 13.4. The lowest BCUT2D eigenvalue weighted by molar-refractivity contribution is -0.157. The van der Waals surface area contributed by atoms with E-state index in [0.717, 1.165) is 17.7 Å². The maximum absolute atomic E-state index is 13.4. The number of amides is 1. The third-order valence-electron chi connectivity index (χ3n) is 7.65. The highest BCUT2D eigenvalue weighted by Gasteiger charge is 2.49. The Kier molecular flexibility index (Phi) is 11.4. The molecule has 38 heavy (non-hydrogen) atoms. The molecule has 1 aromatic rings. The number of phenols is 1. The van der Waals surface area contributed by atoms with Crippen molar-refractivity contribution in [1.82, 2.24) is 10.2 Å². The molecule has 10 heteroatoms. The molecule has 1 aliphatic rings. The van der Waals surface area contributed by atoms with Crippen molar-refractivity contribution in [3.63, 3.8) is 0 Å². The zero-order valence-corrected chi connectivity index (χ0v) is 23.3. The number of nitrogens with zero attached hydrogens (tertiary/aromatic N) is 1. The molecule has 1 amide bonds. The van der Waals surface area contributed by atoms with E-state index < -0.39 is 48.9 Å². The van der Waals surface area contributed by atoms with E-state index in [1.165, 1.54) is 0 Å². The Morgan fingerprint density at radius 1 is 1.21 bits per heavy atom. The van der Waals surface area contributed by atoms with Crippen LogP contribution in [0.15, 0.2) is 6.07 Å². The first-order valence-electron chi connectivity index (χ1n) is 13.3. The Balaban J connectivity index is 2.46. The standard InChI is InChI=1S/C28H45N3O7/c1-6-18-10-19(13-30-12-16(2)3)27(37)26-20(18)7-17(9-23(26)34)8-21(22(14-32)31(4)5)28(38,15-33)24(35)11-25(29)36/h10,16-17,21-22,30,32-33,37-38H,6-9,11-15H2,1-5H3,(H2,29,36)/t17-,21-,22+,28+/m0/s1. The van der Waals surface area contributed by atoms with Crippen molar-refractivity contribution in [3.8, 4) is 5.75 Å². The van der Waals surface area contributed by atoms with Crippen molar-refractivity contribution in [2.45, 2.75) is 71.1 Å². The van der Waals surface area contributed by atoms with Crippen LogP contribution in [-0.4, -0.2) is 88.3 Å². The van der Waals surface area contributed by atoms with Crippen molar-refractivity contribution in [2.75, 3.05) is 33.9 Å². The number of aliphatic hydroxyl groups is 3. The summed E-state index contributed by atoms with van der Waals surface area (Å²) in [5, 5.41) is 46.0. The third kappa shape index (κ3) is 7.18. The summed E-state index contributed by atoms with van der Waals surface area (Å²) in [6.45, 7) is 5.99. The zero-order chi connectivity index (χ0) is 28.8. The molecule has 2 rings (SSSR count). The first-order valence-corrected chi connectivity index (χ1v) is 13.3. The number of fused-ring (bicyclic) bond motifs is 1. The van der Waals surface area contributed by atoms with E-state index in [0.29, 0.717) is 36.4 Å². The van der Waals surface area contributed by atoms with E-state index in [4.69, 9.17) is 5.73 Å². The molecule has 214 valence electrons. The molecule has 0 fully saturated rings. The quantitative estimate of drug-likeness (QED) is 0.175. The minimum absolute atomic E-state index is 0.0153. The van der Waals surface area contributed by atoms with Gasteiger partial charge in [0.15, 0.2) is 17.2 Å². The Hall–Kier alpha value is -2.37. The van der Waals surface area contributed by atoms with Gasteiger partial charge in [-0.25, -0.2) is 0 Å². The number of phenolic OH excluding ortho intramolecular Hbond substituents is 1. The van der Waals surface area contributed by atoms with Crippen LogP contribution >= 0.6 is 0 Å². The molecule has 0 aromatic heterocycles. The first kappa shape index (κ1) is 31.8. The van der Waals surface area contributed by atoms with Gasteiger partial charge in [0.2, 0.25) is 5.91 Å². The van der Waals surface area contributed by atoms with Gasteiger partial charge < -0.3 is 36.4 Å². The lowest BCUT2D eigenvalue weighted by Crippen LogP contribution is -2.58. The minimum atomic E-state index is -2.34. The van der Waals surface area contributed by atoms with Crippen molar-refractivity contribution in [2.24, 2.45) is 23.5 Å². The second-order valence-electron chi connectivity index (χ2n) is 11.2. The van der Waals surface area contributed by atoms with Crippen LogP contribution in [0.1, 0.15) is 67.1 Å². The van der Waals surface area contributed by atoms with Gasteiger partial charge in [0.25, 0.3) is 0 Å². The zero-order valence-electron chi connectivity index (χ0n) is 23.3. The number of hydrogen-bond donors (Lipinski definition) is 6. The average Bonchev–Trinajstić information content (AvgIpc) is 2.83. The molecule has 0 unspecified atom stereocenters. The summed E-state index contributed by atoms with van der Waals surface area (Å²) in [6, 6.07) is 1.18.